The van der Waals surface area contributed by atoms with Crippen molar-refractivity contribution in [2.75, 3.05) is 11.9 Å². The Kier molecular flexibility index (Phi) is 4.70. The molecule has 1 amide bonds. The molecule has 1 aromatic carbocycles. The Bertz CT molecular complexity index is 727. The normalized spacial score (nSPS) is 9.67. The van der Waals surface area contributed by atoms with Gasteiger partial charge in [0.15, 0.2) is 0 Å². The third kappa shape index (κ3) is 3.91. The summed E-state index contributed by atoms with van der Waals surface area (Å²) in [5, 5.41) is 11.5. The molecule has 1 aromatic heterocycles. The fraction of sp³-hybridized carbons (Fsp3) is 0.176. The van der Waals surface area contributed by atoms with E-state index in [1.165, 1.54) is 0 Å². The van der Waals surface area contributed by atoms with Crippen LogP contribution in [0, 0.1) is 25.7 Å². The van der Waals surface area contributed by atoms with Gasteiger partial charge in [-0.3, -0.25) is 9.78 Å². The van der Waals surface area contributed by atoms with Crippen LogP contribution in [0.15, 0.2) is 36.5 Å². The minimum absolute atomic E-state index is 0.176. The number of aliphatic hydroxyl groups excluding tert-OH is 1. The number of aryl methyl sites for hydroxylation is 2. The average Bonchev–Trinajstić information content (AvgIpc) is 2.46. The van der Waals surface area contributed by atoms with Crippen LogP contribution >= 0.6 is 0 Å². The number of pyridine rings is 1. The molecular formula is C17H16N2O2. The van der Waals surface area contributed by atoms with Crippen molar-refractivity contribution in [3.63, 3.8) is 0 Å². The van der Waals surface area contributed by atoms with Gasteiger partial charge in [-0.2, -0.15) is 0 Å². The fourth-order valence-electron chi connectivity index (χ4n) is 1.91. The van der Waals surface area contributed by atoms with E-state index in [9.17, 15) is 4.79 Å². The number of nitrogens with one attached hydrogen (secondary N) is 1. The highest BCUT2D eigenvalue weighted by Gasteiger charge is 2.07. The largest absolute Gasteiger partial charge is 0.384 e. The first-order valence-electron chi connectivity index (χ1n) is 6.54. The van der Waals surface area contributed by atoms with E-state index in [1.807, 2.05) is 19.9 Å². The van der Waals surface area contributed by atoms with Gasteiger partial charge in [-0.1, -0.05) is 11.8 Å². The third-order valence-corrected chi connectivity index (χ3v) is 2.95. The molecule has 0 bridgehead atoms. The van der Waals surface area contributed by atoms with Crippen LogP contribution in [0.2, 0.25) is 0 Å². The van der Waals surface area contributed by atoms with Gasteiger partial charge in [0.05, 0.1) is 0 Å². The maximum Gasteiger partial charge on any atom is 0.255 e. The smallest absolute Gasteiger partial charge is 0.255 e. The van der Waals surface area contributed by atoms with Gasteiger partial charge in [0.2, 0.25) is 0 Å². The summed E-state index contributed by atoms with van der Waals surface area (Å²) in [5.41, 5.74) is 3.83. The van der Waals surface area contributed by atoms with Crippen LogP contribution in [-0.2, 0) is 0 Å². The SMILES string of the molecule is Cc1cc(NC(=O)c2ccc(C#CCO)c(C)c2)ccn1. The van der Waals surface area contributed by atoms with Gasteiger partial charge in [0.1, 0.15) is 6.61 Å². The van der Waals surface area contributed by atoms with E-state index in [2.05, 4.69) is 22.1 Å². The van der Waals surface area contributed by atoms with Gasteiger partial charge in [0, 0.05) is 28.7 Å². The van der Waals surface area contributed by atoms with Gasteiger partial charge in [-0.25, -0.2) is 0 Å². The van der Waals surface area contributed by atoms with E-state index in [4.69, 9.17) is 5.11 Å². The number of hydrogen-bond donors (Lipinski definition) is 2. The number of carbonyl (C=O) groups excluding carboxylic acids is 1. The van der Waals surface area contributed by atoms with E-state index < -0.39 is 0 Å². The van der Waals surface area contributed by atoms with E-state index in [0.29, 0.717) is 11.3 Å². The number of benzene rings is 1. The second-order valence-corrected chi connectivity index (χ2v) is 4.63. The number of amides is 1. The zero-order chi connectivity index (χ0) is 15.2. The van der Waals surface area contributed by atoms with Crippen LogP contribution in [0.1, 0.15) is 27.2 Å². The molecule has 2 rings (SSSR count). The van der Waals surface area contributed by atoms with Crippen molar-refractivity contribution in [1.82, 2.24) is 4.98 Å². The van der Waals surface area contributed by atoms with Crippen LogP contribution in [0.5, 0.6) is 0 Å². The lowest BCUT2D eigenvalue weighted by Gasteiger charge is -2.07. The summed E-state index contributed by atoms with van der Waals surface area (Å²) < 4.78 is 0. The van der Waals surface area contributed by atoms with Gasteiger partial charge in [-0.15, -0.1) is 0 Å². The Hall–Kier alpha value is -2.64. The lowest BCUT2D eigenvalue weighted by atomic mass is 10.0. The summed E-state index contributed by atoms with van der Waals surface area (Å²) in [4.78, 5) is 16.3. The second-order valence-electron chi connectivity index (χ2n) is 4.63. The third-order valence-electron chi connectivity index (χ3n) is 2.95. The van der Waals surface area contributed by atoms with E-state index in [-0.39, 0.29) is 12.5 Å². The molecule has 106 valence electrons. The minimum Gasteiger partial charge on any atom is -0.384 e. The predicted octanol–water partition coefficient (Wildman–Crippen LogP) is 2.29. The number of anilines is 1. The Balaban J connectivity index is 2.18. The first kappa shape index (κ1) is 14.8. The Morgan fingerprint density at radius 3 is 2.76 bits per heavy atom. The van der Waals surface area contributed by atoms with Crippen molar-refractivity contribution >= 4 is 11.6 Å². The summed E-state index contributed by atoms with van der Waals surface area (Å²) in [7, 11) is 0. The number of nitrogens with zero attached hydrogens (tertiary/aromatic N) is 1. The number of hydrogen-bond acceptors (Lipinski definition) is 3. The van der Waals surface area contributed by atoms with Crippen molar-refractivity contribution in [2.45, 2.75) is 13.8 Å². The van der Waals surface area contributed by atoms with Crippen molar-refractivity contribution < 1.29 is 9.90 Å². The van der Waals surface area contributed by atoms with Gasteiger partial charge in [0.25, 0.3) is 5.91 Å². The van der Waals surface area contributed by atoms with E-state index >= 15 is 0 Å². The van der Waals surface area contributed by atoms with E-state index in [0.717, 1.165) is 16.8 Å². The Morgan fingerprint density at radius 1 is 1.29 bits per heavy atom. The van der Waals surface area contributed by atoms with Gasteiger partial charge in [-0.05, 0) is 49.7 Å². The standard InChI is InChI=1S/C17H16N2O2/c1-12-10-15(6-5-14(12)4-3-9-20)17(21)19-16-7-8-18-13(2)11-16/h5-8,10-11,20H,9H2,1-2H3,(H,18,19,21). The first-order valence-corrected chi connectivity index (χ1v) is 6.54. The lowest BCUT2D eigenvalue weighted by molar-refractivity contribution is 0.102. The molecule has 2 aromatic rings. The highest BCUT2D eigenvalue weighted by atomic mass is 16.2. The second kappa shape index (κ2) is 6.69. The molecule has 0 saturated heterocycles. The quantitative estimate of drug-likeness (QED) is 0.830. The number of aliphatic hydroxyl groups is 1. The summed E-state index contributed by atoms with van der Waals surface area (Å²) >= 11 is 0. The number of carbonyl (C=O) groups is 1. The monoisotopic (exact) mass is 280 g/mol. The maximum absolute atomic E-state index is 12.2. The molecule has 1 heterocycles. The van der Waals surface area contributed by atoms with Crippen LogP contribution < -0.4 is 5.32 Å². The van der Waals surface area contributed by atoms with Gasteiger partial charge < -0.3 is 10.4 Å². The maximum atomic E-state index is 12.2. The Morgan fingerprint density at radius 2 is 2.10 bits per heavy atom. The topological polar surface area (TPSA) is 62.2 Å². The van der Waals surface area contributed by atoms with E-state index in [1.54, 1.807) is 30.5 Å². The van der Waals surface area contributed by atoms with Crippen LogP contribution in [0.25, 0.3) is 0 Å². The lowest BCUT2D eigenvalue weighted by Crippen LogP contribution is -2.12. The molecule has 0 aliphatic heterocycles. The van der Waals surface area contributed by atoms with Crippen molar-refractivity contribution in [2.24, 2.45) is 0 Å². The Labute approximate surface area is 123 Å². The highest BCUT2D eigenvalue weighted by molar-refractivity contribution is 6.04. The van der Waals surface area contributed by atoms with Gasteiger partial charge >= 0.3 is 0 Å². The molecule has 0 radical (unpaired) electrons. The number of rotatable bonds is 2. The molecule has 0 atom stereocenters. The number of aromatic nitrogens is 1. The fourth-order valence-corrected chi connectivity index (χ4v) is 1.91. The molecular weight excluding hydrogens is 264 g/mol. The van der Waals surface area contributed by atoms with Crippen LogP contribution in [0.3, 0.4) is 0 Å². The summed E-state index contributed by atoms with van der Waals surface area (Å²) in [6, 6.07) is 8.85. The molecule has 0 fully saturated rings. The molecule has 21 heavy (non-hydrogen) atoms. The summed E-state index contributed by atoms with van der Waals surface area (Å²) in [6.45, 7) is 3.58. The van der Waals surface area contributed by atoms with Crippen LogP contribution in [-0.4, -0.2) is 22.6 Å². The van der Waals surface area contributed by atoms with Crippen molar-refractivity contribution in [3.8, 4) is 11.8 Å². The molecule has 0 aliphatic carbocycles. The van der Waals surface area contributed by atoms with Crippen LogP contribution in [0.4, 0.5) is 5.69 Å². The minimum atomic E-state index is -0.178. The summed E-state index contributed by atoms with van der Waals surface area (Å²) in [5.74, 6) is 5.27. The molecule has 4 heteroatoms. The molecule has 0 aliphatic rings. The first-order chi connectivity index (χ1) is 10.1. The van der Waals surface area contributed by atoms with Crippen molar-refractivity contribution in [1.29, 1.82) is 0 Å². The zero-order valence-electron chi connectivity index (χ0n) is 12.0. The summed E-state index contributed by atoms with van der Waals surface area (Å²) in [6.07, 6.45) is 1.66. The van der Waals surface area contributed by atoms with Crippen molar-refractivity contribution in [3.05, 3.63) is 58.9 Å². The molecule has 0 saturated carbocycles. The zero-order valence-corrected chi connectivity index (χ0v) is 12.0. The molecule has 0 unspecified atom stereocenters. The molecule has 4 nitrogen and oxygen atoms in total. The highest BCUT2D eigenvalue weighted by Crippen LogP contribution is 2.13. The average molecular weight is 280 g/mol. The molecule has 0 spiro atoms. The molecule has 2 N–H and O–H groups in total. The predicted molar refractivity (Wildman–Crippen MR) is 82.1 cm³/mol.